The SMILES string of the molecule is Cc1ccc(CN2C(=O)[C@H]3CCCC[C@@H]3C2=O)cc1S(=O)(=O)Nc1cccc(C)c1C. The Kier molecular flexibility index (Phi) is 5.64. The summed E-state index contributed by atoms with van der Waals surface area (Å²) in [6.45, 7) is 5.65. The summed E-state index contributed by atoms with van der Waals surface area (Å²) in [5.74, 6) is -0.650. The van der Waals surface area contributed by atoms with E-state index in [1.807, 2.05) is 26.0 Å². The van der Waals surface area contributed by atoms with Gasteiger partial charge < -0.3 is 0 Å². The normalized spacial score (nSPS) is 21.3. The third-order valence-corrected chi connectivity index (χ3v) is 8.17. The molecule has 1 aliphatic carbocycles. The van der Waals surface area contributed by atoms with Gasteiger partial charge in [0.05, 0.1) is 29.0 Å². The zero-order valence-corrected chi connectivity index (χ0v) is 19.0. The van der Waals surface area contributed by atoms with Gasteiger partial charge in [-0.1, -0.05) is 37.1 Å². The zero-order chi connectivity index (χ0) is 22.3. The van der Waals surface area contributed by atoms with Crippen LogP contribution in [-0.4, -0.2) is 25.1 Å². The van der Waals surface area contributed by atoms with E-state index < -0.39 is 10.0 Å². The smallest absolute Gasteiger partial charge is 0.262 e. The maximum Gasteiger partial charge on any atom is 0.262 e. The van der Waals surface area contributed by atoms with Gasteiger partial charge in [-0.05, 0) is 68.0 Å². The van der Waals surface area contributed by atoms with Crippen molar-refractivity contribution in [2.45, 2.75) is 57.9 Å². The van der Waals surface area contributed by atoms with Crippen LogP contribution in [0.5, 0.6) is 0 Å². The molecule has 0 unspecified atom stereocenters. The maximum absolute atomic E-state index is 13.2. The molecule has 0 radical (unpaired) electrons. The number of fused-ring (bicyclic) bond motifs is 1. The van der Waals surface area contributed by atoms with Crippen LogP contribution in [0.25, 0.3) is 0 Å². The first-order valence-corrected chi connectivity index (χ1v) is 12.2. The van der Waals surface area contributed by atoms with Gasteiger partial charge in [0.25, 0.3) is 10.0 Å². The lowest BCUT2D eigenvalue weighted by Gasteiger charge is -2.19. The second kappa shape index (κ2) is 8.11. The molecule has 0 spiro atoms. The molecule has 6 nitrogen and oxygen atoms in total. The number of carbonyl (C=O) groups excluding carboxylic acids is 2. The first kappa shape index (κ1) is 21.6. The number of rotatable bonds is 5. The van der Waals surface area contributed by atoms with Crippen LogP contribution in [0, 0.1) is 32.6 Å². The van der Waals surface area contributed by atoms with Crippen molar-refractivity contribution in [3.05, 3.63) is 58.7 Å². The van der Waals surface area contributed by atoms with Crippen molar-refractivity contribution in [1.29, 1.82) is 0 Å². The number of aryl methyl sites for hydroxylation is 2. The van der Waals surface area contributed by atoms with Crippen molar-refractivity contribution >= 4 is 27.5 Å². The Balaban J connectivity index is 1.61. The molecule has 7 heteroatoms. The van der Waals surface area contributed by atoms with Gasteiger partial charge in [0, 0.05) is 0 Å². The fraction of sp³-hybridized carbons (Fsp3) is 0.417. The van der Waals surface area contributed by atoms with Gasteiger partial charge in [-0.15, -0.1) is 0 Å². The van der Waals surface area contributed by atoms with Crippen molar-refractivity contribution in [3.8, 4) is 0 Å². The molecule has 0 aromatic heterocycles. The van der Waals surface area contributed by atoms with Crippen LogP contribution in [0.3, 0.4) is 0 Å². The Labute approximate surface area is 183 Å². The van der Waals surface area contributed by atoms with E-state index in [0.717, 1.165) is 36.8 Å². The van der Waals surface area contributed by atoms with Crippen LogP contribution in [-0.2, 0) is 26.2 Å². The van der Waals surface area contributed by atoms with Gasteiger partial charge in [0.1, 0.15) is 0 Å². The number of nitrogens with one attached hydrogen (secondary N) is 1. The highest BCUT2D eigenvalue weighted by Gasteiger charge is 2.47. The Bertz CT molecular complexity index is 1130. The fourth-order valence-corrected chi connectivity index (χ4v) is 6.08. The summed E-state index contributed by atoms with van der Waals surface area (Å²) in [4.78, 5) is 27.1. The van der Waals surface area contributed by atoms with Gasteiger partial charge in [0.2, 0.25) is 11.8 Å². The van der Waals surface area contributed by atoms with E-state index in [9.17, 15) is 18.0 Å². The quantitative estimate of drug-likeness (QED) is 0.710. The van der Waals surface area contributed by atoms with E-state index in [0.29, 0.717) is 16.8 Å². The van der Waals surface area contributed by atoms with E-state index in [4.69, 9.17) is 0 Å². The number of nitrogens with zero attached hydrogens (tertiary/aromatic N) is 1. The second-order valence-electron chi connectivity index (χ2n) is 8.71. The number of imide groups is 1. The van der Waals surface area contributed by atoms with Crippen LogP contribution >= 0.6 is 0 Å². The number of hydrogen-bond donors (Lipinski definition) is 1. The topological polar surface area (TPSA) is 83.6 Å². The highest BCUT2D eigenvalue weighted by molar-refractivity contribution is 7.92. The lowest BCUT2D eigenvalue weighted by atomic mass is 9.81. The van der Waals surface area contributed by atoms with Crippen LogP contribution in [0.15, 0.2) is 41.3 Å². The van der Waals surface area contributed by atoms with Crippen molar-refractivity contribution in [2.75, 3.05) is 4.72 Å². The minimum absolute atomic E-state index is 0.108. The summed E-state index contributed by atoms with van der Waals surface area (Å²) in [7, 11) is -3.83. The predicted molar refractivity (Wildman–Crippen MR) is 119 cm³/mol. The Morgan fingerprint density at radius 3 is 2.23 bits per heavy atom. The molecule has 1 saturated carbocycles. The summed E-state index contributed by atoms with van der Waals surface area (Å²) >= 11 is 0. The van der Waals surface area contributed by atoms with E-state index >= 15 is 0 Å². The van der Waals surface area contributed by atoms with E-state index in [1.165, 1.54) is 4.90 Å². The molecule has 2 aromatic rings. The Morgan fingerprint density at radius 2 is 1.58 bits per heavy atom. The highest BCUT2D eigenvalue weighted by Crippen LogP contribution is 2.38. The van der Waals surface area contributed by atoms with Crippen LogP contribution in [0.2, 0.25) is 0 Å². The average molecular weight is 441 g/mol. The first-order chi connectivity index (χ1) is 14.7. The molecule has 2 aliphatic rings. The largest absolute Gasteiger partial charge is 0.279 e. The number of benzene rings is 2. The van der Waals surface area contributed by atoms with Gasteiger partial charge in [-0.3, -0.25) is 19.2 Å². The summed E-state index contributed by atoms with van der Waals surface area (Å²) in [5.41, 5.74) is 3.65. The minimum atomic E-state index is -3.83. The van der Waals surface area contributed by atoms with Gasteiger partial charge in [-0.2, -0.15) is 0 Å². The molecule has 1 heterocycles. The molecule has 2 fully saturated rings. The zero-order valence-electron chi connectivity index (χ0n) is 18.1. The molecule has 2 atom stereocenters. The average Bonchev–Trinajstić information content (AvgIpc) is 2.97. The molecule has 1 saturated heterocycles. The van der Waals surface area contributed by atoms with Gasteiger partial charge in [-0.25, -0.2) is 8.42 Å². The summed E-state index contributed by atoms with van der Waals surface area (Å²) in [6, 6.07) is 10.6. The van der Waals surface area contributed by atoms with Crippen LogP contribution < -0.4 is 4.72 Å². The maximum atomic E-state index is 13.2. The lowest BCUT2D eigenvalue weighted by molar-refractivity contribution is -0.140. The van der Waals surface area contributed by atoms with E-state index in [2.05, 4.69) is 4.72 Å². The van der Waals surface area contributed by atoms with E-state index in [1.54, 1.807) is 31.2 Å². The number of sulfonamides is 1. The van der Waals surface area contributed by atoms with Crippen LogP contribution in [0.4, 0.5) is 5.69 Å². The van der Waals surface area contributed by atoms with E-state index in [-0.39, 0.29) is 35.1 Å². The summed E-state index contributed by atoms with van der Waals surface area (Å²) in [6.07, 6.45) is 3.48. The first-order valence-electron chi connectivity index (χ1n) is 10.7. The van der Waals surface area contributed by atoms with Crippen LogP contribution in [0.1, 0.15) is 47.9 Å². The molecule has 0 bridgehead atoms. The molecule has 2 amide bonds. The lowest BCUT2D eigenvalue weighted by Crippen LogP contribution is -2.30. The summed E-state index contributed by atoms with van der Waals surface area (Å²) < 4.78 is 29.0. The number of anilines is 1. The fourth-order valence-electron chi connectivity index (χ4n) is 4.66. The summed E-state index contributed by atoms with van der Waals surface area (Å²) in [5, 5.41) is 0. The Hall–Kier alpha value is -2.67. The van der Waals surface area contributed by atoms with Gasteiger partial charge in [0.15, 0.2) is 0 Å². The second-order valence-corrected chi connectivity index (χ2v) is 10.4. The molecule has 2 aromatic carbocycles. The standard InChI is InChI=1S/C24H28N2O4S/c1-15-7-6-10-21(17(15)3)25-31(29,30)22-13-18(12-11-16(22)2)14-26-23(27)19-8-4-5-9-20(19)24(26)28/h6-7,10-13,19-20,25H,4-5,8-9,14H2,1-3H3/t19-,20-/m0/s1. The highest BCUT2D eigenvalue weighted by atomic mass is 32.2. The number of carbonyl (C=O) groups is 2. The number of amides is 2. The van der Waals surface area contributed by atoms with Gasteiger partial charge >= 0.3 is 0 Å². The molecular weight excluding hydrogens is 412 g/mol. The predicted octanol–water partition coefficient (Wildman–Crippen LogP) is 4.09. The molecule has 31 heavy (non-hydrogen) atoms. The molecule has 4 rings (SSSR count). The Morgan fingerprint density at radius 1 is 0.935 bits per heavy atom. The van der Waals surface area contributed by atoms with Crippen molar-refractivity contribution in [1.82, 2.24) is 4.90 Å². The third-order valence-electron chi connectivity index (χ3n) is 6.66. The van der Waals surface area contributed by atoms with Crippen molar-refractivity contribution in [3.63, 3.8) is 0 Å². The number of likely N-dealkylation sites (tertiary alicyclic amines) is 1. The van der Waals surface area contributed by atoms with Crippen molar-refractivity contribution < 1.29 is 18.0 Å². The molecular formula is C24H28N2O4S. The molecule has 164 valence electrons. The third kappa shape index (κ3) is 3.99. The number of hydrogen-bond acceptors (Lipinski definition) is 4. The van der Waals surface area contributed by atoms with Crippen molar-refractivity contribution in [2.24, 2.45) is 11.8 Å². The minimum Gasteiger partial charge on any atom is -0.279 e. The molecule has 1 N–H and O–H groups in total. The monoisotopic (exact) mass is 440 g/mol. The molecule has 1 aliphatic heterocycles.